The van der Waals surface area contributed by atoms with Crippen molar-refractivity contribution in [3.8, 4) is 17.2 Å². The largest absolute Gasteiger partial charge is 0.508 e. The van der Waals surface area contributed by atoms with Gasteiger partial charge < -0.3 is 9.84 Å². The van der Waals surface area contributed by atoms with Crippen LogP contribution in [-0.4, -0.2) is 13.5 Å². The van der Waals surface area contributed by atoms with Gasteiger partial charge in [0.1, 0.15) is 17.2 Å². The van der Waals surface area contributed by atoms with Crippen molar-refractivity contribution in [2.45, 2.75) is 9.79 Å². The molecule has 0 aromatic heterocycles. The third kappa shape index (κ3) is 3.35. The van der Waals surface area contributed by atoms with E-state index in [4.69, 9.17) is 4.74 Å². The van der Waals surface area contributed by atoms with Gasteiger partial charge in [0.15, 0.2) is 0 Å². The molecule has 0 bridgehead atoms. The lowest BCUT2D eigenvalue weighted by Gasteiger charge is -2.08. The van der Waals surface area contributed by atoms with E-state index in [1.807, 2.05) is 0 Å². The predicted molar refractivity (Wildman–Crippen MR) is 86.5 cm³/mol. The normalized spacial score (nSPS) is 11.1. The Morgan fingerprint density at radius 1 is 0.652 bits per heavy atom. The smallest absolute Gasteiger partial charge is 0.206 e. The fraction of sp³-hybridized carbons (Fsp3) is 0. The molecule has 4 nitrogen and oxygen atoms in total. The second-order valence-corrected chi connectivity index (χ2v) is 6.83. The lowest BCUT2D eigenvalue weighted by Crippen LogP contribution is -2.01. The fourth-order valence-electron chi connectivity index (χ4n) is 2.07. The van der Waals surface area contributed by atoms with Gasteiger partial charge in [0.05, 0.1) is 9.79 Å². The average Bonchev–Trinajstić information content (AvgIpc) is 2.58. The van der Waals surface area contributed by atoms with Crippen LogP contribution in [0.5, 0.6) is 17.2 Å². The second kappa shape index (κ2) is 6.14. The van der Waals surface area contributed by atoms with Crippen LogP contribution in [0.15, 0.2) is 88.7 Å². The highest BCUT2D eigenvalue weighted by Gasteiger charge is 2.16. The Hall–Kier alpha value is -2.79. The molecule has 116 valence electrons. The lowest BCUT2D eigenvalue weighted by atomic mass is 10.3. The van der Waals surface area contributed by atoms with Gasteiger partial charge in [-0.1, -0.05) is 18.2 Å². The van der Waals surface area contributed by atoms with Gasteiger partial charge in [0.25, 0.3) is 0 Å². The number of benzene rings is 3. The van der Waals surface area contributed by atoms with Crippen molar-refractivity contribution in [3.05, 3.63) is 78.9 Å². The molecule has 0 saturated carbocycles. The fourth-order valence-corrected chi connectivity index (χ4v) is 3.35. The third-order valence-corrected chi connectivity index (χ3v) is 5.05. The molecule has 0 heterocycles. The Bertz CT molecular complexity index is 884. The topological polar surface area (TPSA) is 63.6 Å². The van der Waals surface area contributed by atoms with Gasteiger partial charge in [0.2, 0.25) is 9.84 Å². The Labute approximate surface area is 134 Å². The Balaban J connectivity index is 1.83. The zero-order valence-electron chi connectivity index (χ0n) is 12.1. The first kappa shape index (κ1) is 15.1. The molecule has 3 rings (SSSR count). The van der Waals surface area contributed by atoms with Gasteiger partial charge in [-0.25, -0.2) is 8.42 Å². The number of aromatic hydroxyl groups is 1. The van der Waals surface area contributed by atoms with Crippen LogP contribution < -0.4 is 4.74 Å². The van der Waals surface area contributed by atoms with Crippen molar-refractivity contribution in [1.82, 2.24) is 0 Å². The second-order valence-electron chi connectivity index (χ2n) is 4.88. The maximum atomic E-state index is 12.5. The molecule has 0 fully saturated rings. The zero-order chi connectivity index (χ0) is 16.3. The molecule has 23 heavy (non-hydrogen) atoms. The maximum Gasteiger partial charge on any atom is 0.206 e. The molecule has 0 aliphatic rings. The Kier molecular flexibility index (Phi) is 4.04. The molecule has 0 amide bonds. The molecular formula is C18H14O4S. The van der Waals surface area contributed by atoms with E-state index >= 15 is 0 Å². The van der Waals surface area contributed by atoms with Crippen molar-refractivity contribution >= 4 is 9.84 Å². The van der Waals surface area contributed by atoms with Gasteiger partial charge in [0, 0.05) is 0 Å². The zero-order valence-corrected chi connectivity index (χ0v) is 12.9. The highest BCUT2D eigenvalue weighted by molar-refractivity contribution is 7.91. The molecule has 1 N–H and O–H groups in total. The summed E-state index contributed by atoms with van der Waals surface area (Å²) in [5.74, 6) is 1.23. The van der Waals surface area contributed by atoms with Gasteiger partial charge in [-0.15, -0.1) is 0 Å². The van der Waals surface area contributed by atoms with E-state index in [0.29, 0.717) is 11.5 Å². The summed E-state index contributed by atoms with van der Waals surface area (Å²) in [4.78, 5) is 0.467. The van der Waals surface area contributed by atoms with Crippen LogP contribution in [0.25, 0.3) is 0 Å². The highest BCUT2D eigenvalue weighted by Crippen LogP contribution is 2.26. The summed E-state index contributed by atoms with van der Waals surface area (Å²) < 4.78 is 30.5. The molecule has 0 radical (unpaired) electrons. The minimum Gasteiger partial charge on any atom is -0.508 e. The summed E-state index contributed by atoms with van der Waals surface area (Å²) in [5, 5.41) is 9.23. The molecule has 5 heteroatoms. The van der Waals surface area contributed by atoms with Gasteiger partial charge >= 0.3 is 0 Å². The number of hydrogen-bond acceptors (Lipinski definition) is 4. The van der Waals surface area contributed by atoms with Crippen molar-refractivity contribution in [3.63, 3.8) is 0 Å². The van der Waals surface area contributed by atoms with E-state index in [-0.39, 0.29) is 15.5 Å². The van der Waals surface area contributed by atoms with Crippen LogP contribution in [0.1, 0.15) is 0 Å². The van der Waals surface area contributed by atoms with Crippen LogP contribution in [0.3, 0.4) is 0 Å². The molecule has 0 saturated heterocycles. The molecule has 0 aliphatic carbocycles. The summed E-state index contributed by atoms with van der Waals surface area (Å²) >= 11 is 0. The number of sulfone groups is 1. The van der Waals surface area contributed by atoms with Gasteiger partial charge in [-0.05, 0) is 60.7 Å². The van der Waals surface area contributed by atoms with Crippen molar-refractivity contribution in [1.29, 1.82) is 0 Å². The molecule has 0 unspecified atom stereocenters. The Morgan fingerprint density at radius 3 is 1.70 bits per heavy atom. The first-order valence-corrected chi connectivity index (χ1v) is 8.41. The van der Waals surface area contributed by atoms with E-state index in [2.05, 4.69) is 0 Å². The highest BCUT2D eigenvalue weighted by atomic mass is 32.2. The van der Waals surface area contributed by atoms with E-state index in [1.54, 1.807) is 54.6 Å². The number of phenolic OH excluding ortho intramolecular Hbond substituents is 1. The van der Waals surface area contributed by atoms with E-state index in [1.165, 1.54) is 24.3 Å². The third-order valence-electron chi connectivity index (χ3n) is 3.26. The molecular weight excluding hydrogens is 312 g/mol. The van der Waals surface area contributed by atoms with Gasteiger partial charge in [-0.2, -0.15) is 0 Å². The molecule has 0 aliphatic heterocycles. The van der Waals surface area contributed by atoms with Crippen LogP contribution in [-0.2, 0) is 9.84 Å². The first-order valence-electron chi connectivity index (χ1n) is 6.93. The number of hydrogen-bond donors (Lipinski definition) is 1. The summed E-state index contributed by atoms with van der Waals surface area (Å²) in [6.07, 6.45) is 0. The summed E-state index contributed by atoms with van der Waals surface area (Å²) in [5.41, 5.74) is 0. The number of phenols is 1. The molecule has 0 atom stereocenters. The number of rotatable bonds is 4. The van der Waals surface area contributed by atoms with Crippen molar-refractivity contribution in [2.75, 3.05) is 0 Å². The Morgan fingerprint density at radius 2 is 1.13 bits per heavy atom. The van der Waals surface area contributed by atoms with Crippen molar-refractivity contribution in [2.24, 2.45) is 0 Å². The van der Waals surface area contributed by atoms with Crippen LogP contribution in [0.2, 0.25) is 0 Å². The molecule has 3 aromatic carbocycles. The summed E-state index contributed by atoms with van der Waals surface area (Å²) in [7, 11) is -3.52. The van der Waals surface area contributed by atoms with Crippen molar-refractivity contribution < 1.29 is 18.3 Å². The van der Waals surface area contributed by atoms with E-state index in [9.17, 15) is 13.5 Å². The number of ether oxygens (including phenoxy) is 1. The minimum atomic E-state index is -3.52. The van der Waals surface area contributed by atoms with Crippen LogP contribution in [0.4, 0.5) is 0 Å². The summed E-state index contributed by atoms with van der Waals surface area (Å²) in [6, 6.07) is 20.8. The minimum absolute atomic E-state index is 0.154. The van der Waals surface area contributed by atoms with Gasteiger partial charge in [-0.3, -0.25) is 0 Å². The van der Waals surface area contributed by atoms with E-state index in [0.717, 1.165) is 0 Å². The average molecular weight is 326 g/mol. The SMILES string of the molecule is O=S(=O)(c1ccccc1)c1ccc(Oc2ccc(O)cc2)cc1. The maximum absolute atomic E-state index is 12.5. The monoisotopic (exact) mass is 326 g/mol. The standard InChI is InChI=1S/C18H14O4S/c19-14-6-8-15(9-7-14)22-16-10-12-18(13-11-16)23(20,21)17-4-2-1-3-5-17/h1-13,19H. The summed E-state index contributed by atoms with van der Waals surface area (Å²) in [6.45, 7) is 0. The first-order chi connectivity index (χ1) is 11.1. The predicted octanol–water partition coefficient (Wildman–Crippen LogP) is 4.02. The molecule has 0 spiro atoms. The van der Waals surface area contributed by atoms with E-state index < -0.39 is 9.84 Å². The van der Waals surface area contributed by atoms with Crippen LogP contribution in [0, 0.1) is 0 Å². The van der Waals surface area contributed by atoms with Crippen LogP contribution >= 0.6 is 0 Å². The quantitative estimate of drug-likeness (QED) is 0.786. The lowest BCUT2D eigenvalue weighted by molar-refractivity contribution is 0.464. The molecule has 3 aromatic rings.